The smallest absolute Gasteiger partial charge is 0.126 e. The van der Waals surface area contributed by atoms with E-state index in [0.29, 0.717) is 18.6 Å². The van der Waals surface area contributed by atoms with E-state index >= 15 is 0 Å². The van der Waals surface area contributed by atoms with Crippen LogP contribution in [-0.2, 0) is 11.3 Å². The summed E-state index contributed by atoms with van der Waals surface area (Å²) in [5, 5.41) is 0. The highest BCUT2D eigenvalue weighted by Crippen LogP contribution is 2.06. The fraction of sp³-hybridized carbons (Fsp3) is 0.250. The normalized spacial score (nSPS) is 10.0. The second-order valence-corrected chi connectivity index (χ2v) is 2.21. The summed E-state index contributed by atoms with van der Waals surface area (Å²) < 4.78 is 12.8. The van der Waals surface area contributed by atoms with Gasteiger partial charge in [0.05, 0.1) is 6.61 Å². The number of nitrogens with two attached hydrogens (primary N) is 1. The van der Waals surface area contributed by atoms with E-state index < -0.39 is 0 Å². The van der Waals surface area contributed by atoms with Crippen LogP contribution in [0.5, 0.6) is 0 Å². The van der Waals surface area contributed by atoms with Crippen LogP contribution >= 0.6 is 0 Å². The van der Waals surface area contributed by atoms with Crippen LogP contribution in [0, 0.1) is 5.82 Å². The zero-order valence-corrected chi connectivity index (χ0v) is 6.09. The zero-order valence-electron chi connectivity index (χ0n) is 6.09. The van der Waals surface area contributed by atoms with Crippen molar-refractivity contribution in [1.29, 1.82) is 0 Å². The molecule has 1 aromatic rings. The van der Waals surface area contributed by atoms with Gasteiger partial charge in [-0.3, -0.25) is 0 Å². The molecular formula is C8H10FNO. The van der Waals surface area contributed by atoms with E-state index in [-0.39, 0.29) is 5.82 Å². The average Bonchev–Trinajstić information content (AvgIpc) is 2.03. The highest BCUT2D eigenvalue weighted by atomic mass is 19.1. The summed E-state index contributed by atoms with van der Waals surface area (Å²) in [5.41, 5.74) is 0.637. The quantitative estimate of drug-likeness (QED) is 0.667. The Morgan fingerprint density at radius 1 is 1.36 bits per heavy atom. The second-order valence-electron chi connectivity index (χ2n) is 2.21. The van der Waals surface area contributed by atoms with Crippen molar-refractivity contribution in [1.82, 2.24) is 0 Å². The first-order valence-corrected chi connectivity index (χ1v) is 3.39. The van der Waals surface area contributed by atoms with E-state index in [1.807, 2.05) is 0 Å². The van der Waals surface area contributed by atoms with E-state index in [1.54, 1.807) is 18.2 Å². The highest BCUT2D eigenvalue weighted by molar-refractivity contribution is 5.17. The van der Waals surface area contributed by atoms with E-state index in [2.05, 4.69) is 4.84 Å². The standard InChI is InChI=1S/C8H10FNO/c9-8-4-2-1-3-7(8)5-6-11-10/h1-4H,5-6,10H2. The lowest BCUT2D eigenvalue weighted by Crippen LogP contribution is -2.04. The summed E-state index contributed by atoms with van der Waals surface area (Å²) in [6.07, 6.45) is 0.517. The summed E-state index contributed by atoms with van der Waals surface area (Å²) >= 11 is 0. The molecule has 0 radical (unpaired) electrons. The van der Waals surface area contributed by atoms with Crippen LogP contribution in [-0.4, -0.2) is 6.61 Å². The van der Waals surface area contributed by atoms with E-state index in [1.165, 1.54) is 6.07 Å². The monoisotopic (exact) mass is 155 g/mol. The van der Waals surface area contributed by atoms with Crippen LogP contribution in [0.25, 0.3) is 0 Å². The second kappa shape index (κ2) is 4.05. The molecule has 0 amide bonds. The minimum absolute atomic E-state index is 0.204. The first-order valence-electron chi connectivity index (χ1n) is 3.39. The van der Waals surface area contributed by atoms with Crippen LogP contribution in [0.2, 0.25) is 0 Å². The number of halogens is 1. The molecule has 60 valence electrons. The number of hydrogen-bond acceptors (Lipinski definition) is 2. The van der Waals surface area contributed by atoms with Crippen LogP contribution < -0.4 is 5.90 Å². The first kappa shape index (κ1) is 8.17. The molecule has 0 spiro atoms. The van der Waals surface area contributed by atoms with E-state index in [4.69, 9.17) is 5.90 Å². The maximum absolute atomic E-state index is 12.8. The Bertz CT molecular complexity index is 227. The summed E-state index contributed by atoms with van der Waals surface area (Å²) in [6.45, 7) is 0.348. The van der Waals surface area contributed by atoms with Gasteiger partial charge in [0.1, 0.15) is 5.82 Å². The molecule has 0 bridgehead atoms. The molecule has 1 aromatic carbocycles. The van der Waals surface area contributed by atoms with Crippen LogP contribution in [0.1, 0.15) is 5.56 Å². The maximum atomic E-state index is 12.8. The predicted molar refractivity (Wildman–Crippen MR) is 40.2 cm³/mol. The molecule has 1 rings (SSSR count). The van der Waals surface area contributed by atoms with Gasteiger partial charge in [-0.1, -0.05) is 18.2 Å². The zero-order chi connectivity index (χ0) is 8.10. The SMILES string of the molecule is NOCCc1ccccc1F. The highest BCUT2D eigenvalue weighted by Gasteiger charge is 1.98. The van der Waals surface area contributed by atoms with E-state index in [9.17, 15) is 4.39 Å². The van der Waals surface area contributed by atoms with Gasteiger partial charge in [0.15, 0.2) is 0 Å². The molecule has 2 N–H and O–H groups in total. The molecule has 2 nitrogen and oxygen atoms in total. The molecule has 0 saturated heterocycles. The van der Waals surface area contributed by atoms with E-state index in [0.717, 1.165) is 0 Å². The lowest BCUT2D eigenvalue weighted by atomic mass is 10.1. The maximum Gasteiger partial charge on any atom is 0.126 e. The van der Waals surface area contributed by atoms with Crippen molar-refractivity contribution in [2.45, 2.75) is 6.42 Å². The van der Waals surface area contributed by atoms with Gasteiger partial charge in [-0.2, -0.15) is 0 Å². The van der Waals surface area contributed by atoms with Gasteiger partial charge in [-0.05, 0) is 11.6 Å². The molecule has 0 heterocycles. The fourth-order valence-corrected chi connectivity index (χ4v) is 0.870. The van der Waals surface area contributed by atoms with Crippen LogP contribution in [0.3, 0.4) is 0 Å². The lowest BCUT2D eigenvalue weighted by molar-refractivity contribution is 0.140. The summed E-state index contributed by atoms with van der Waals surface area (Å²) in [7, 11) is 0. The minimum atomic E-state index is -0.204. The van der Waals surface area contributed by atoms with Crippen LogP contribution in [0.15, 0.2) is 24.3 Å². The number of rotatable bonds is 3. The summed E-state index contributed by atoms with van der Waals surface area (Å²) in [6, 6.07) is 6.58. The third-order valence-electron chi connectivity index (χ3n) is 1.45. The van der Waals surface area contributed by atoms with Crippen molar-refractivity contribution in [2.75, 3.05) is 6.61 Å². The van der Waals surface area contributed by atoms with Gasteiger partial charge in [0.25, 0.3) is 0 Å². The topological polar surface area (TPSA) is 35.2 Å². The summed E-state index contributed by atoms with van der Waals surface area (Å²) in [4.78, 5) is 4.33. The molecule has 11 heavy (non-hydrogen) atoms. The molecule has 0 aromatic heterocycles. The predicted octanol–water partition coefficient (Wildman–Crippen LogP) is 1.26. The molecule has 0 aliphatic carbocycles. The molecule has 0 fully saturated rings. The van der Waals surface area contributed by atoms with Gasteiger partial charge < -0.3 is 4.84 Å². The molecule has 0 saturated carbocycles. The molecule has 0 atom stereocenters. The summed E-state index contributed by atoms with van der Waals surface area (Å²) in [5.74, 6) is 4.60. The molecule has 0 aliphatic heterocycles. The van der Waals surface area contributed by atoms with Gasteiger partial charge in [0.2, 0.25) is 0 Å². The number of benzene rings is 1. The Morgan fingerprint density at radius 2 is 2.09 bits per heavy atom. The van der Waals surface area contributed by atoms with Gasteiger partial charge in [-0.15, -0.1) is 0 Å². The van der Waals surface area contributed by atoms with Crippen molar-refractivity contribution in [3.05, 3.63) is 35.6 Å². The molecule has 0 aliphatic rings. The number of hydrogen-bond donors (Lipinski definition) is 1. The Kier molecular flexibility index (Phi) is 3.01. The Hall–Kier alpha value is -0.930. The molecular weight excluding hydrogens is 145 g/mol. The lowest BCUT2D eigenvalue weighted by Gasteiger charge is -1.99. The minimum Gasteiger partial charge on any atom is -0.304 e. The fourth-order valence-electron chi connectivity index (χ4n) is 0.870. The van der Waals surface area contributed by atoms with Crippen molar-refractivity contribution in [3.8, 4) is 0 Å². The van der Waals surface area contributed by atoms with Crippen molar-refractivity contribution < 1.29 is 9.23 Å². The molecule has 3 heteroatoms. The van der Waals surface area contributed by atoms with Gasteiger partial charge >= 0.3 is 0 Å². The third kappa shape index (κ3) is 2.29. The van der Waals surface area contributed by atoms with Crippen molar-refractivity contribution >= 4 is 0 Å². The third-order valence-corrected chi connectivity index (χ3v) is 1.45. The van der Waals surface area contributed by atoms with Crippen molar-refractivity contribution in [3.63, 3.8) is 0 Å². The van der Waals surface area contributed by atoms with Gasteiger partial charge in [-0.25, -0.2) is 10.3 Å². The van der Waals surface area contributed by atoms with Gasteiger partial charge in [0, 0.05) is 6.42 Å². The molecule has 0 unspecified atom stereocenters. The Balaban J connectivity index is 2.62. The van der Waals surface area contributed by atoms with Crippen molar-refractivity contribution in [2.24, 2.45) is 5.90 Å². The largest absolute Gasteiger partial charge is 0.304 e. The first-order chi connectivity index (χ1) is 5.34. The van der Waals surface area contributed by atoms with Crippen LogP contribution in [0.4, 0.5) is 4.39 Å². The Morgan fingerprint density at radius 3 is 2.73 bits per heavy atom. The Labute approximate surface area is 64.7 Å². The average molecular weight is 155 g/mol.